The molecule has 116 valence electrons. The van der Waals surface area contributed by atoms with Crippen LogP contribution in [0.4, 0.5) is 0 Å². The highest BCUT2D eigenvalue weighted by molar-refractivity contribution is 5.85. The Bertz CT molecular complexity index is 377. The van der Waals surface area contributed by atoms with Crippen molar-refractivity contribution in [1.29, 1.82) is 0 Å². The first-order chi connectivity index (χ1) is 9.17. The van der Waals surface area contributed by atoms with Crippen molar-refractivity contribution in [2.24, 2.45) is 11.5 Å². The molecule has 1 aromatic rings. The molecule has 0 saturated carbocycles. The lowest BCUT2D eigenvalue weighted by molar-refractivity contribution is 0.323. The second-order valence-corrected chi connectivity index (χ2v) is 4.35. The fraction of sp³-hybridized carbons (Fsp3) is 0.571. The first-order valence-electron chi connectivity index (χ1n) is 6.43. The summed E-state index contributed by atoms with van der Waals surface area (Å²) in [5.41, 5.74) is 12.6. The van der Waals surface area contributed by atoms with Crippen molar-refractivity contribution in [1.82, 2.24) is 0 Å². The zero-order chi connectivity index (χ0) is 14.3. The average Bonchev–Trinajstić information content (AvgIpc) is 2.45. The third-order valence-electron chi connectivity index (χ3n) is 3.08. The van der Waals surface area contributed by atoms with Gasteiger partial charge in [0.1, 0.15) is 0 Å². The van der Waals surface area contributed by atoms with E-state index in [1.807, 2.05) is 12.1 Å². The van der Waals surface area contributed by atoms with E-state index in [0.717, 1.165) is 24.8 Å². The first-order valence-corrected chi connectivity index (χ1v) is 6.43. The predicted octanol–water partition coefficient (Wildman–Crippen LogP) is 2.26. The molecule has 1 aromatic carbocycles. The second-order valence-electron chi connectivity index (χ2n) is 4.35. The van der Waals surface area contributed by atoms with Crippen LogP contribution >= 0.6 is 12.4 Å². The number of hydrogen-bond acceptors (Lipinski definition) is 5. The van der Waals surface area contributed by atoms with E-state index in [1.54, 1.807) is 21.3 Å². The number of hydrogen-bond donors (Lipinski definition) is 2. The van der Waals surface area contributed by atoms with Crippen molar-refractivity contribution >= 4 is 12.4 Å². The monoisotopic (exact) mass is 304 g/mol. The van der Waals surface area contributed by atoms with Crippen LogP contribution in [-0.4, -0.2) is 27.9 Å². The molecule has 6 heteroatoms. The van der Waals surface area contributed by atoms with E-state index < -0.39 is 0 Å². The van der Waals surface area contributed by atoms with Crippen LogP contribution in [0.2, 0.25) is 0 Å². The summed E-state index contributed by atoms with van der Waals surface area (Å²) in [6.45, 7) is 0.696. The summed E-state index contributed by atoms with van der Waals surface area (Å²) < 4.78 is 15.9. The van der Waals surface area contributed by atoms with Crippen molar-refractivity contribution < 1.29 is 14.2 Å². The molecule has 1 rings (SSSR count). The van der Waals surface area contributed by atoms with Gasteiger partial charge in [0.05, 0.1) is 21.3 Å². The quantitative estimate of drug-likeness (QED) is 0.720. The van der Waals surface area contributed by atoms with Gasteiger partial charge in [-0.05, 0) is 37.1 Å². The number of halogens is 1. The zero-order valence-corrected chi connectivity index (χ0v) is 13.2. The number of methoxy groups -OCH3 is 3. The average molecular weight is 305 g/mol. The first kappa shape index (κ1) is 18.8. The summed E-state index contributed by atoms with van der Waals surface area (Å²) in [4.78, 5) is 0. The maximum Gasteiger partial charge on any atom is 0.203 e. The Kier molecular flexibility index (Phi) is 9.12. The third kappa shape index (κ3) is 4.74. The number of ether oxygens (including phenoxy) is 3. The maximum absolute atomic E-state index is 6.18. The van der Waals surface area contributed by atoms with Crippen molar-refractivity contribution in [3.05, 3.63) is 17.7 Å². The van der Waals surface area contributed by atoms with Crippen LogP contribution in [0.1, 0.15) is 30.9 Å². The Morgan fingerprint density at radius 2 is 1.55 bits per heavy atom. The van der Waals surface area contributed by atoms with Gasteiger partial charge < -0.3 is 25.7 Å². The third-order valence-corrected chi connectivity index (χ3v) is 3.08. The minimum absolute atomic E-state index is 0. The summed E-state index contributed by atoms with van der Waals surface area (Å²) in [6, 6.07) is 3.74. The van der Waals surface area contributed by atoms with Crippen LogP contribution in [0.15, 0.2) is 12.1 Å². The number of nitrogens with two attached hydrogens (primary N) is 2. The highest BCUT2D eigenvalue weighted by atomic mass is 35.5. The van der Waals surface area contributed by atoms with Crippen molar-refractivity contribution in [3.63, 3.8) is 0 Å². The molecule has 0 spiro atoms. The molecule has 0 heterocycles. The Hall–Kier alpha value is -1.17. The van der Waals surface area contributed by atoms with Gasteiger partial charge in [-0.1, -0.05) is 6.42 Å². The predicted molar refractivity (Wildman–Crippen MR) is 83.2 cm³/mol. The Morgan fingerprint density at radius 3 is 1.95 bits per heavy atom. The van der Waals surface area contributed by atoms with Crippen molar-refractivity contribution in [3.8, 4) is 17.2 Å². The van der Waals surface area contributed by atoms with Gasteiger partial charge in [0.25, 0.3) is 0 Å². The highest BCUT2D eigenvalue weighted by Gasteiger charge is 2.16. The summed E-state index contributed by atoms with van der Waals surface area (Å²) in [6.07, 6.45) is 2.88. The Labute approximate surface area is 127 Å². The minimum atomic E-state index is -0.0553. The number of rotatable bonds is 8. The van der Waals surface area contributed by atoms with Crippen LogP contribution < -0.4 is 25.7 Å². The fourth-order valence-electron chi connectivity index (χ4n) is 1.99. The lowest BCUT2D eigenvalue weighted by atomic mass is 10.0. The van der Waals surface area contributed by atoms with E-state index in [9.17, 15) is 0 Å². The van der Waals surface area contributed by atoms with Crippen molar-refractivity contribution in [2.45, 2.75) is 25.3 Å². The van der Waals surface area contributed by atoms with Crippen molar-refractivity contribution in [2.75, 3.05) is 27.9 Å². The van der Waals surface area contributed by atoms with Gasteiger partial charge in [-0.25, -0.2) is 0 Å². The highest BCUT2D eigenvalue weighted by Crippen LogP contribution is 2.39. The summed E-state index contributed by atoms with van der Waals surface area (Å²) >= 11 is 0. The summed E-state index contributed by atoms with van der Waals surface area (Å²) in [5.74, 6) is 1.85. The zero-order valence-electron chi connectivity index (χ0n) is 12.3. The molecule has 0 bridgehead atoms. The molecular weight excluding hydrogens is 280 g/mol. The van der Waals surface area contributed by atoms with Gasteiger partial charge in [0.2, 0.25) is 5.75 Å². The molecular formula is C14H25ClN2O3. The standard InChI is InChI=1S/C14H24N2O3.ClH/c1-17-12-8-10(11(16)6-4-5-7-15)9-13(18-2)14(12)19-3;/h8-9,11H,4-7,15-16H2,1-3H3;1H/t11-;/m0./s1. The SMILES string of the molecule is COc1cc([C@@H](N)CCCCN)cc(OC)c1OC.Cl. The van der Waals surface area contributed by atoms with E-state index in [0.29, 0.717) is 23.8 Å². The number of unbranched alkanes of at least 4 members (excludes halogenated alkanes) is 1. The minimum Gasteiger partial charge on any atom is -0.493 e. The number of benzene rings is 1. The lowest BCUT2D eigenvalue weighted by Crippen LogP contribution is -2.12. The second kappa shape index (κ2) is 9.69. The maximum atomic E-state index is 6.18. The van der Waals surface area contributed by atoms with E-state index in [2.05, 4.69) is 0 Å². The van der Waals surface area contributed by atoms with Crippen LogP contribution in [0.25, 0.3) is 0 Å². The molecule has 5 nitrogen and oxygen atoms in total. The van der Waals surface area contributed by atoms with Gasteiger partial charge in [0.15, 0.2) is 11.5 Å². The van der Waals surface area contributed by atoms with Gasteiger partial charge in [-0.2, -0.15) is 0 Å². The molecule has 0 saturated heterocycles. The molecule has 20 heavy (non-hydrogen) atoms. The van der Waals surface area contributed by atoms with E-state index >= 15 is 0 Å². The van der Waals surface area contributed by atoms with Crippen LogP contribution in [-0.2, 0) is 0 Å². The van der Waals surface area contributed by atoms with E-state index in [-0.39, 0.29) is 18.4 Å². The molecule has 1 atom stereocenters. The molecule has 0 amide bonds. The van der Waals surface area contributed by atoms with Gasteiger partial charge in [-0.3, -0.25) is 0 Å². The topological polar surface area (TPSA) is 79.7 Å². The molecule has 0 radical (unpaired) electrons. The van der Waals surface area contributed by atoms with Gasteiger partial charge in [0, 0.05) is 6.04 Å². The molecule has 0 unspecified atom stereocenters. The normalized spacial score (nSPS) is 11.4. The van der Waals surface area contributed by atoms with E-state index in [4.69, 9.17) is 25.7 Å². The van der Waals surface area contributed by atoms with E-state index in [1.165, 1.54) is 0 Å². The lowest BCUT2D eigenvalue weighted by Gasteiger charge is -2.17. The molecule has 0 fully saturated rings. The fourth-order valence-corrected chi connectivity index (χ4v) is 1.99. The molecule has 0 aliphatic carbocycles. The smallest absolute Gasteiger partial charge is 0.203 e. The van der Waals surface area contributed by atoms with Gasteiger partial charge >= 0.3 is 0 Å². The largest absolute Gasteiger partial charge is 0.493 e. The van der Waals surface area contributed by atoms with Crippen LogP contribution in [0, 0.1) is 0 Å². The van der Waals surface area contributed by atoms with Gasteiger partial charge in [-0.15, -0.1) is 12.4 Å². The Balaban J connectivity index is 0.00000361. The van der Waals surface area contributed by atoms with Crippen LogP contribution in [0.5, 0.6) is 17.2 Å². The van der Waals surface area contributed by atoms with Crippen LogP contribution in [0.3, 0.4) is 0 Å². The Morgan fingerprint density at radius 1 is 1.00 bits per heavy atom. The molecule has 4 N–H and O–H groups in total. The molecule has 0 aliphatic heterocycles. The molecule has 0 aromatic heterocycles. The summed E-state index contributed by atoms with van der Waals surface area (Å²) in [7, 11) is 4.78. The summed E-state index contributed by atoms with van der Waals surface area (Å²) in [5, 5.41) is 0. The molecule has 0 aliphatic rings.